The number of nitrogens with one attached hydrogen (secondary N) is 1. The summed E-state index contributed by atoms with van der Waals surface area (Å²) < 4.78 is 31.1. The summed E-state index contributed by atoms with van der Waals surface area (Å²) in [5, 5.41) is 2.91. The molecule has 30 heavy (non-hydrogen) atoms. The van der Waals surface area contributed by atoms with Crippen molar-refractivity contribution >= 4 is 21.6 Å². The van der Waals surface area contributed by atoms with Crippen molar-refractivity contribution in [1.82, 2.24) is 5.32 Å². The van der Waals surface area contributed by atoms with Crippen LogP contribution in [0.4, 0.5) is 5.69 Å². The number of hydrogen-bond donors (Lipinski definition) is 1. The molecule has 0 saturated carbocycles. The van der Waals surface area contributed by atoms with Crippen molar-refractivity contribution in [1.29, 1.82) is 0 Å². The largest absolute Gasteiger partial charge is 0.491 e. The first-order chi connectivity index (χ1) is 14.3. The SMILES string of the molecule is CC(C)Oc1cccc(CCCNC(=O)CCCN(c2ccccc2)S(C)(=O)=O)c1. The van der Waals surface area contributed by atoms with Gasteiger partial charge in [0.2, 0.25) is 15.9 Å². The molecule has 2 rings (SSSR count). The number of aryl methyl sites for hydroxylation is 1. The first-order valence-electron chi connectivity index (χ1n) is 10.3. The molecule has 0 radical (unpaired) electrons. The molecule has 0 aliphatic rings. The van der Waals surface area contributed by atoms with Crippen molar-refractivity contribution in [3.63, 3.8) is 0 Å². The average molecular weight is 433 g/mol. The van der Waals surface area contributed by atoms with Gasteiger partial charge < -0.3 is 10.1 Å². The lowest BCUT2D eigenvalue weighted by atomic mass is 10.1. The Balaban J connectivity index is 1.71. The molecule has 6 nitrogen and oxygen atoms in total. The number of sulfonamides is 1. The van der Waals surface area contributed by atoms with Gasteiger partial charge in [-0.05, 0) is 62.9 Å². The van der Waals surface area contributed by atoms with Crippen LogP contribution in [0.2, 0.25) is 0 Å². The highest BCUT2D eigenvalue weighted by molar-refractivity contribution is 7.92. The molecule has 0 aliphatic heterocycles. The molecule has 0 aromatic heterocycles. The minimum absolute atomic E-state index is 0.0617. The first kappa shape index (κ1) is 23.7. The van der Waals surface area contributed by atoms with Crippen LogP contribution in [0.25, 0.3) is 0 Å². The van der Waals surface area contributed by atoms with Gasteiger partial charge in [-0.3, -0.25) is 9.10 Å². The van der Waals surface area contributed by atoms with Crippen LogP contribution in [0.1, 0.15) is 38.7 Å². The molecule has 0 aliphatic carbocycles. The van der Waals surface area contributed by atoms with E-state index in [0.29, 0.717) is 18.7 Å². The second-order valence-corrected chi connectivity index (χ2v) is 9.45. The number of anilines is 1. The molecular weight excluding hydrogens is 400 g/mol. The number of amides is 1. The Bertz CT molecular complexity index is 898. The maximum absolute atomic E-state index is 12.1. The average Bonchev–Trinajstić information content (AvgIpc) is 2.68. The van der Waals surface area contributed by atoms with Crippen LogP contribution in [-0.2, 0) is 21.2 Å². The highest BCUT2D eigenvalue weighted by Gasteiger charge is 2.17. The fourth-order valence-electron chi connectivity index (χ4n) is 3.12. The van der Waals surface area contributed by atoms with Crippen molar-refractivity contribution in [2.45, 2.75) is 45.6 Å². The predicted octanol–water partition coefficient (Wildman–Crippen LogP) is 3.77. The zero-order chi connectivity index (χ0) is 22.0. The third kappa shape index (κ3) is 8.45. The molecule has 0 saturated heterocycles. The molecular formula is C23H32N2O4S. The van der Waals surface area contributed by atoms with Gasteiger partial charge in [-0.15, -0.1) is 0 Å². The Morgan fingerprint density at radius 2 is 1.80 bits per heavy atom. The van der Waals surface area contributed by atoms with Gasteiger partial charge in [-0.2, -0.15) is 0 Å². The standard InChI is InChI=1S/C23H32N2O4S/c1-19(2)29-22-14-7-10-20(18-22)11-8-16-24-23(26)15-9-17-25(30(3,27)28)21-12-5-4-6-13-21/h4-7,10,12-14,18-19H,8-9,11,15-17H2,1-3H3,(H,24,26). The predicted molar refractivity (Wildman–Crippen MR) is 121 cm³/mol. The second-order valence-electron chi connectivity index (χ2n) is 7.54. The molecule has 2 aromatic carbocycles. The summed E-state index contributed by atoms with van der Waals surface area (Å²) >= 11 is 0. The topological polar surface area (TPSA) is 75.7 Å². The van der Waals surface area contributed by atoms with E-state index < -0.39 is 10.0 Å². The molecule has 0 fully saturated rings. The van der Waals surface area contributed by atoms with E-state index in [1.54, 1.807) is 24.3 Å². The fraction of sp³-hybridized carbons (Fsp3) is 0.435. The summed E-state index contributed by atoms with van der Waals surface area (Å²) in [6, 6.07) is 16.9. The molecule has 2 aromatic rings. The van der Waals surface area contributed by atoms with Crippen molar-refractivity contribution in [3.8, 4) is 5.75 Å². The van der Waals surface area contributed by atoms with Crippen LogP contribution >= 0.6 is 0 Å². The molecule has 164 valence electrons. The summed E-state index contributed by atoms with van der Waals surface area (Å²) in [5.74, 6) is 0.800. The van der Waals surface area contributed by atoms with Crippen molar-refractivity contribution in [2.75, 3.05) is 23.7 Å². The molecule has 0 spiro atoms. The summed E-state index contributed by atoms with van der Waals surface area (Å²) in [5.41, 5.74) is 1.79. The van der Waals surface area contributed by atoms with Crippen molar-refractivity contribution < 1.29 is 17.9 Å². The van der Waals surface area contributed by atoms with Crippen LogP contribution in [0, 0.1) is 0 Å². The van der Waals surface area contributed by atoms with Gasteiger partial charge in [-0.25, -0.2) is 8.42 Å². The van der Waals surface area contributed by atoms with Gasteiger partial charge in [0.05, 0.1) is 18.0 Å². The van der Waals surface area contributed by atoms with Gasteiger partial charge >= 0.3 is 0 Å². The number of para-hydroxylation sites is 1. The molecule has 0 bridgehead atoms. The summed E-state index contributed by atoms with van der Waals surface area (Å²) in [6.07, 6.45) is 3.75. The summed E-state index contributed by atoms with van der Waals surface area (Å²) in [7, 11) is -3.39. The normalized spacial score (nSPS) is 11.3. The van der Waals surface area contributed by atoms with Gasteiger partial charge in [-0.1, -0.05) is 30.3 Å². The number of benzene rings is 2. The minimum atomic E-state index is -3.39. The van der Waals surface area contributed by atoms with Crippen LogP contribution in [-0.4, -0.2) is 39.8 Å². The maximum atomic E-state index is 12.1. The van der Waals surface area contributed by atoms with E-state index in [1.807, 2.05) is 38.1 Å². The highest BCUT2D eigenvalue weighted by Crippen LogP contribution is 2.18. The lowest BCUT2D eigenvalue weighted by Crippen LogP contribution is -2.32. The summed E-state index contributed by atoms with van der Waals surface area (Å²) in [6.45, 7) is 4.86. The Morgan fingerprint density at radius 1 is 1.07 bits per heavy atom. The van der Waals surface area contributed by atoms with Crippen LogP contribution in [0.3, 0.4) is 0 Å². The lowest BCUT2D eigenvalue weighted by Gasteiger charge is -2.22. The quantitative estimate of drug-likeness (QED) is 0.518. The molecule has 0 unspecified atom stereocenters. The van der Waals surface area contributed by atoms with E-state index in [-0.39, 0.29) is 25.0 Å². The Morgan fingerprint density at radius 3 is 2.47 bits per heavy atom. The zero-order valence-electron chi connectivity index (χ0n) is 18.0. The number of rotatable bonds is 12. The van der Waals surface area contributed by atoms with Gasteiger partial charge in [0.25, 0.3) is 0 Å². The van der Waals surface area contributed by atoms with E-state index >= 15 is 0 Å². The number of ether oxygens (including phenoxy) is 1. The van der Waals surface area contributed by atoms with E-state index in [0.717, 1.165) is 18.6 Å². The number of carbonyl (C=O) groups excluding carboxylic acids is 1. The zero-order valence-corrected chi connectivity index (χ0v) is 18.8. The monoisotopic (exact) mass is 432 g/mol. The Labute approximate surface area is 180 Å². The minimum Gasteiger partial charge on any atom is -0.491 e. The van der Waals surface area contributed by atoms with Gasteiger partial charge in [0.15, 0.2) is 0 Å². The van der Waals surface area contributed by atoms with E-state index in [4.69, 9.17) is 4.74 Å². The molecule has 0 atom stereocenters. The molecule has 7 heteroatoms. The van der Waals surface area contributed by atoms with Crippen molar-refractivity contribution in [3.05, 3.63) is 60.2 Å². The number of nitrogens with zero attached hydrogens (tertiary/aromatic N) is 1. The van der Waals surface area contributed by atoms with E-state index in [9.17, 15) is 13.2 Å². The third-order valence-electron chi connectivity index (χ3n) is 4.44. The van der Waals surface area contributed by atoms with Gasteiger partial charge in [0.1, 0.15) is 5.75 Å². The Kier molecular flexibility index (Phi) is 9.17. The smallest absolute Gasteiger partial charge is 0.232 e. The highest BCUT2D eigenvalue weighted by atomic mass is 32.2. The number of carbonyl (C=O) groups is 1. The number of hydrogen-bond acceptors (Lipinski definition) is 4. The summed E-state index contributed by atoms with van der Waals surface area (Å²) in [4.78, 5) is 12.1. The van der Waals surface area contributed by atoms with Crippen molar-refractivity contribution in [2.24, 2.45) is 0 Å². The van der Waals surface area contributed by atoms with E-state index in [2.05, 4.69) is 11.4 Å². The third-order valence-corrected chi connectivity index (χ3v) is 5.64. The maximum Gasteiger partial charge on any atom is 0.232 e. The Hall–Kier alpha value is -2.54. The van der Waals surface area contributed by atoms with Crippen LogP contribution in [0.15, 0.2) is 54.6 Å². The van der Waals surface area contributed by atoms with E-state index in [1.165, 1.54) is 16.1 Å². The van der Waals surface area contributed by atoms with Gasteiger partial charge in [0, 0.05) is 19.5 Å². The fourth-order valence-corrected chi connectivity index (χ4v) is 4.08. The lowest BCUT2D eigenvalue weighted by molar-refractivity contribution is -0.121. The molecule has 1 N–H and O–H groups in total. The van der Waals surface area contributed by atoms with Crippen LogP contribution < -0.4 is 14.4 Å². The second kappa shape index (κ2) is 11.6. The molecule has 0 heterocycles. The molecule has 1 amide bonds. The first-order valence-corrected chi connectivity index (χ1v) is 12.2. The van der Waals surface area contributed by atoms with Crippen LogP contribution in [0.5, 0.6) is 5.75 Å².